The average Bonchev–Trinajstić information content (AvgIpc) is 3.19. The Morgan fingerprint density at radius 1 is 1.13 bits per heavy atom. The first-order chi connectivity index (χ1) is 15.0. The molecule has 0 saturated heterocycles. The predicted molar refractivity (Wildman–Crippen MR) is 119 cm³/mol. The number of halogens is 1. The van der Waals surface area contributed by atoms with Crippen LogP contribution in [0.25, 0.3) is 22.6 Å². The van der Waals surface area contributed by atoms with Gasteiger partial charge in [-0.25, -0.2) is 9.78 Å². The molecule has 1 unspecified atom stereocenters. The Morgan fingerprint density at radius 3 is 2.77 bits per heavy atom. The minimum Gasteiger partial charge on any atom is -0.479 e. The van der Waals surface area contributed by atoms with E-state index in [0.717, 1.165) is 27.8 Å². The van der Waals surface area contributed by atoms with Crippen LogP contribution in [0.2, 0.25) is 5.02 Å². The van der Waals surface area contributed by atoms with E-state index in [4.69, 9.17) is 25.9 Å². The van der Waals surface area contributed by atoms with Crippen molar-refractivity contribution in [1.82, 2.24) is 10.3 Å². The zero-order valence-electron chi connectivity index (χ0n) is 16.8. The lowest BCUT2D eigenvalue weighted by atomic mass is 10.1. The van der Waals surface area contributed by atoms with E-state index in [1.54, 1.807) is 6.07 Å². The second-order valence-corrected chi connectivity index (χ2v) is 7.57. The second kappa shape index (κ2) is 9.20. The van der Waals surface area contributed by atoms with Gasteiger partial charge in [-0.3, -0.25) is 0 Å². The number of carboxylic acids is 1. The highest BCUT2D eigenvalue weighted by atomic mass is 35.5. The molecule has 0 fully saturated rings. The van der Waals surface area contributed by atoms with Gasteiger partial charge in [0.1, 0.15) is 11.3 Å². The number of rotatable bonds is 8. The van der Waals surface area contributed by atoms with Crippen LogP contribution >= 0.6 is 11.6 Å². The molecule has 1 heterocycles. The van der Waals surface area contributed by atoms with Gasteiger partial charge in [-0.1, -0.05) is 41.9 Å². The van der Waals surface area contributed by atoms with Gasteiger partial charge in [0.25, 0.3) is 0 Å². The summed E-state index contributed by atoms with van der Waals surface area (Å²) in [7, 11) is 0. The summed E-state index contributed by atoms with van der Waals surface area (Å²) in [5.41, 5.74) is 4.34. The minimum atomic E-state index is -1.00. The topological polar surface area (TPSA) is 84.6 Å². The van der Waals surface area contributed by atoms with E-state index in [-0.39, 0.29) is 0 Å². The van der Waals surface area contributed by atoms with Crippen molar-refractivity contribution in [1.29, 1.82) is 0 Å². The predicted octanol–water partition coefficient (Wildman–Crippen LogP) is 5.29. The quantitative estimate of drug-likeness (QED) is 0.390. The van der Waals surface area contributed by atoms with Gasteiger partial charge in [0.2, 0.25) is 5.89 Å². The van der Waals surface area contributed by atoms with Gasteiger partial charge < -0.3 is 19.6 Å². The van der Waals surface area contributed by atoms with Gasteiger partial charge >= 0.3 is 5.97 Å². The SMILES string of the molecule is CC(Oc1cccc(CNCc2ccc(Cl)cc2-c2nc3ccccc3o2)c1)C(=O)O. The van der Waals surface area contributed by atoms with E-state index in [0.29, 0.717) is 29.8 Å². The molecule has 0 saturated carbocycles. The fraction of sp³-hybridized carbons (Fsp3) is 0.167. The number of oxazole rings is 1. The first-order valence-electron chi connectivity index (χ1n) is 9.83. The van der Waals surface area contributed by atoms with Gasteiger partial charge in [0, 0.05) is 23.7 Å². The number of fused-ring (bicyclic) bond motifs is 1. The standard InChI is InChI=1S/C24H21ClN2O4/c1-15(24(28)29)30-19-6-4-5-16(11-19)13-26-14-17-9-10-18(25)12-20(17)23-27-21-7-2-3-8-22(21)31-23/h2-12,15,26H,13-14H2,1H3,(H,28,29). The van der Waals surface area contributed by atoms with E-state index in [2.05, 4.69) is 10.3 Å². The fourth-order valence-corrected chi connectivity index (χ4v) is 3.39. The zero-order chi connectivity index (χ0) is 21.8. The normalized spacial score (nSPS) is 12.1. The van der Waals surface area contributed by atoms with E-state index in [1.165, 1.54) is 6.92 Å². The Morgan fingerprint density at radius 2 is 1.97 bits per heavy atom. The molecule has 4 rings (SSSR count). The Bertz CT molecular complexity index is 1190. The first-order valence-corrected chi connectivity index (χ1v) is 10.2. The molecule has 0 bridgehead atoms. The summed E-state index contributed by atoms with van der Waals surface area (Å²) in [5.74, 6) is 0.0457. The van der Waals surface area contributed by atoms with Gasteiger partial charge in [0.15, 0.2) is 11.7 Å². The maximum absolute atomic E-state index is 11.0. The van der Waals surface area contributed by atoms with Crippen molar-refractivity contribution in [2.45, 2.75) is 26.1 Å². The number of para-hydroxylation sites is 2. The van der Waals surface area contributed by atoms with Crippen LogP contribution in [0.5, 0.6) is 5.75 Å². The molecule has 0 spiro atoms. The molecule has 2 N–H and O–H groups in total. The van der Waals surface area contributed by atoms with Crippen molar-refractivity contribution >= 4 is 28.7 Å². The van der Waals surface area contributed by atoms with Gasteiger partial charge in [-0.05, 0) is 54.4 Å². The highest BCUT2D eigenvalue weighted by Crippen LogP contribution is 2.29. The number of carbonyl (C=O) groups is 1. The van der Waals surface area contributed by atoms with Crippen molar-refractivity contribution in [2.24, 2.45) is 0 Å². The number of hydrogen-bond acceptors (Lipinski definition) is 5. The van der Waals surface area contributed by atoms with Crippen molar-refractivity contribution in [3.8, 4) is 17.2 Å². The molecule has 31 heavy (non-hydrogen) atoms. The molecule has 7 heteroatoms. The number of aliphatic carboxylic acids is 1. The van der Waals surface area contributed by atoms with E-state index < -0.39 is 12.1 Å². The lowest BCUT2D eigenvalue weighted by molar-refractivity contribution is -0.144. The number of nitrogens with one attached hydrogen (secondary N) is 1. The summed E-state index contributed by atoms with van der Waals surface area (Å²) in [6.45, 7) is 2.65. The molecular formula is C24H21ClN2O4. The van der Waals surface area contributed by atoms with Gasteiger partial charge in [0.05, 0.1) is 0 Å². The summed E-state index contributed by atoms with van der Waals surface area (Å²) in [4.78, 5) is 15.6. The lowest BCUT2D eigenvalue weighted by Crippen LogP contribution is -2.23. The van der Waals surface area contributed by atoms with Crippen LogP contribution in [0.1, 0.15) is 18.1 Å². The van der Waals surface area contributed by atoms with E-state index in [1.807, 2.05) is 60.7 Å². The van der Waals surface area contributed by atoms with E-state index >= 15 is 0 Å². The highest BCUT2D eigenvalue weighted by molar-refractivity contribution is 6.30. The van der Waals surface area contributed by atoms with Crippen molar-refractivity contribution < 1.29 is 19.1 Å². The summed E-state index contributed by atoms with van der Waals surface area (Å²) < 4.78 is 11.4. The molecule has 1 atom stereocenters. The van der Waals surface area contributed by atoms with Gasteiger partial charge in [-0.2, -0.15) is 0 Å². The number of nitrogens with zero attached hydrogens (tertiary/aromatic N) is 1. The van der Waals surface area contributed by atoms with Crippen LogP contribution in [-0.4, -0.2) is 22.2 Å². The smallest absolute Gasteiger partial charge is 0.344 e. The summed E-state index contributed by atoms with van der Waals surface area (Å²) >= 11 is 6.23. The Hall–Kier alpha value is -3.35. The Kier molecular flexibility index (Phi) is 6.21. The molecular weight excluding hydrogens is 416 g/mol. The molecule has 0 amide bonds. The van der Waals surface area contributed by atoms with Gasteiger partial charge in [-0.15, -0.1) is 0 Å². The lowest BCUT2D eigenvalue weighted by Gasteiger charge is -2.12. The monoisotopic (exact) mass is 436 g/mol. The number of benzene rings is 3. The molecule has 0 aliphatic heterocycles. The van der Waals surface area contributed by atoms with Crippen LogP contribution in [0.4, 0.5) is 0 Å². The molecule has 4 aromatic rings. The molecule has 1 aromatic heterocycles. The number of aromatic nitrogens is 1. The molecule has 3 aromatic carbocycles. The zero-order valence-corrected chi connectivity index (χ0v) is 17.6. The maximum atomic E-state index is 11.0. The fourth-order valence-electron chi connectivity index (χ4n) is 3.21. The second-order valence-electron chi connectivity index (χ2n) is 7.14. The molecule has 0 aliphatic carbocycles. The number of ether oxygens (including phenoxy) is 1. The van der Waals surface area contributed by atoms with Crippen LogP contribution in [-0.2, 0) is 17.9 Å². The van der Waals surface area contributed by atoms with E-state index in [9.17, 15) is 4.79 Å². The first kappa shape index (κ1) is 20.9. The van der Waals surface area contributed by atoms with Crippen LogP contribution < -0.4 is 10.1 Å². The summed E-state index contributed by atoms with van der Waals surface area (Å²) in [6.07, 6.45) is -0.906. The molecule has 158 valence electrons. The number of hydrogen-bond donors (Lipinski definition) is 2. The molecule has 0 radical (unpaired) electrons. The van der Waals surface area contributed by atoms with Crippen molar-refractivity contribution in [3.05, 3.63) is 82.9 Å². The maximum Gasteiger partial charge on any atom is 0.344 e. The van der Waals surface area contributed by atoms with Crippen LogP contribution in [0.15, 0.2) is 71.1 Å². The molecule has 6 nitrogen and oxygen atoms in total. The summed E-state index contributed by atoms with van der Waals surface area (Å²) in [5, 5.41) is 13.0. The third-order valence-corrected chi connectivity index (χ3v) is 5.03. The number of carboxylic acid groups (broad SMARTS) is 1. The summed E-state index contributed by atoms with van der Waals surface area (Å²) in [6, 6.07) is 20.6. The van der Waals surface area contributed by atoms with Crippen molar-refractivity contribution in [2.75, 3.05) is 0 Å². The Labute approximate surface area is 184 Å². The third-order valence-electron chi connectivity index (χ3n) is 4.80. The Balaban J connectivity index is 1.48. The average molecular weight is 437 g/mol. The minimum absolute atomic E-state index is 0.521. The molecule has 0 aliphatic rings. The largest absolute Gasteiger partial charge is 0.479 e. The highest BCUT2D eigenvalue weighted by Gasteiger charge is 2.14. The van der Waals surface area contributed by atoms with Crippen molar-refractivity contribution in [3.63, 3.8) is 0 Å². The third kappa shape index (κ3) is 5.05. The van der Waals surface area contributed by atoms with Crippen LogP contribution in [0, 0.1) is 0 Å². The van der Waals surface area contributed by atoms with Crippen LogP contribution in [0.3, 0.4) is 0 Å².